The molecule has 1 aliphatic heterocycles. The summed E-state index contributed by atoms with van der Waals surface area (Å²) in [6, 6.07) is 15.7. The van der Waals surface area contributed by atoms with Crippen LogP contribution in [0.3, 0.4) is 0 Å². The maximum Gasteiger partial charge on any atom is 0.410 e. The monoisotopic (exact) mass is 520 g/mol. The van der Waals surface area contributed by atoms with Crippen LogP contribution in [0.25, 0.3) is 31.0 Å². The number of thiazole rings is 2. The number of carbonyl (C=O) groups excluding carboxylic acids is 2. The van der Waals surface area contributed by atoms with Crippen molar-refractivity contribution in [3.05, 3.63) is 64.0 Å². The SMILES string of the molecule is CCOC(=O)N1CCc2c(sc(NC(=O)c3nc4ccccc4s3)c2-c2nc3ccccc3s2)C1. The van der Waals surface area contributed by atoms with Crippen molar-refractivity contribution in [1.82, 2.24) is 14.9 Å². The van der Waals surface area contributed by atoms with Crippen LogP contribution >= 0.6 is 34.0 Å². The zero-order valence-corrected chi connectivity index (χ0v) is 21.2. The van der Waals surface area contributed by atoms with Crippen molar-refractivity contribution in [2.45, 2.75) is 19.9 Å². The fourth-order valence-corrected chi connectivity index (χ4v) is 7.42. The molecule has 2 aromatic carbocycles. The first-order chi connectivity index (χ1) is 17.1. The molecule has 4 heterocycles. The minimum Gasteiger partial charge on any atom is -0.450 e. The number of carbonyl (C=O) groups is 2. The van der Waals surface area contributed by atoms with E-state index in [4.69, 9.17) is 9.72 Å². The van der Waals surface area contributed by atoms with Gasteiger partial charge >= 0.3 is 6.09 Å². The molecule has 0 unspecified atom stereocenters. The molecule has 0 radical (unpaired) electrons. The van der Waals surface area contributed by atoms with E-state index in [1.807, 2.05) is 42.5 Å². The van der Waals surface area contributed by atoms with E-state index in [9.17, 15) is 9.59 Å². The van der Waals surface area contributed by atoms with E-state index in [-0.39, 0.29) is 12.0 Å². The van der Waals surface area contributed by atoms with Gasteiger partial charge in [-0.1, -0.05) is 24.3 Å². The maximum absolute atomic E-state index is 13.3. The lowest BCUT2D eigenvalue weighted by Gasteiger charge is -2.26. The van der Waals surface area contributed by atoms with E-state index in [0.29, 0.717) is 31.1 Å². The Morgan fingerprint density at radius 1 is 1.00 bits per heavy atom. The Morgan fingerprint density at radius 3 is 2.43 bits per heavy atom. The quantitative estimate of drug-likeness (QED) is 0.296. The number of nitrogens with one attached hydrogen (secondary N) is 1. The standard InChI is InChI=1S/C25H20N4O3S3/c1-2-32-25(31)29-12-11-14-19(13-29)35-23(20(14)22-26-15-7-3-5-9-17(15)33-22)28-21(30)24-27-16-8-4-6-10-18(16)34-24/h3-10H,2,11-13H2,1H3,(H,28,30). The van der Waals surface area contributed by atoms with Crippen molar-refractivity contribution >= 4 is 71.4 Å². The predicted molar refractivity (Wildman–Crippen MR) is 142 cm³/mol. The summed E-state index contributed by atoms with van der Waals surface area (Å²) in [6.07, 6.45) is 0.362. The van der Waals surface area contributed by atoms with Gasteiger partial charge in [0.15, 0.2) is 5.01 Å². The Hall–Kier alpha value is -3.34. The molecule has 6 rings (SSSR count). The molecule has 3 aromatic heterocycles. The molecule has 0 saturated carbocycles. The van der Waals surface area contributed by atoms with Crippen molar-refractivity contribution < 1.29 is 14.3 Å². The molecule has 5 aromatic rings. The summed E-state index contributed by atoms with van der Waals surface area (Å²) in [5.74, 6) is -0.241. The normalized spacial score (nSPS) is 13.2. The van der Waals surface area contributed by atoms with Gasteiger partial charge < -0.3 is 15.0 Å². The third kappa shape index (κ3) is 4.07. The summed E-state index contributed by atoms with van der Waals surface area (Å²) < 4.78 is 7.28. The third-order valence-electron chi connectivity index (χ3n) is 5.81. The van der Waals surface area contributed by atoms with Crippen LogP contribution < -0.4 is 5.32 Å². The smallest absolute Gasteiger partial charge is 0.410 e. The fraction of sp³-hybridized carbons (Fsp3) is 0.200. The minimum absolute atomic E-state index is 0.241. The average Bonchev–Trinajstić information content (AvgIpc) is 3.57. The first-order valence-corrected chi connectivity index (χ1v) is 13.6. The van der Waals surface area contributed by atoms with Crippen molar-refractivity contribution in [1.29, 1.82) is 0 Å². The molecule has 2 amide bonds. The summed E-state index contributed by atoms with van der Waals surface area (Å²) in [6.45, 7) is 3.16. The van der Waals surface area contributed by atoms with Crippen molar-refractivity contribution in [3.63, 3.8) is 0 Å². The molecule has 0 fully saturated rings. The number of ether oxygens (including phenoxy) is 1. The number of benzene rings is 2. The second kappa shape index (κ2) is 9.03. The summed E-state index contributed by atoms with van der Waals surface area (Å²) in [5, 5.41) is 5.14. The van der Waals surface area contributed by atoms with Gasteiger partial charge in [0.25, 0.3) is 5.91 Å². The lowest BCUT2D eigenvalue weighted by molar-refractivity contribution is 0.102. The van der Waals surface area contributed by atoms with Crippen LogP contribution in [0, 0.1) is 0 Å². The second-order valence-corrected chi connectivity index (χ2v) is 11.2. The van der Waals surface area contributed by atoms with Crippen molar-refractivity contribution in [3.8, 4) is 10.6 Å². The first-order valence-electron chi connectivity index (χ1n) is 11.2. The van der Waals surface area contributed by atoms with Crippen LogP contribution in [0.4, 0.5) is 9.80 Å². The largest absolute Gasteiger partial charge is 0.450 e. The van der Waals surface area contributed by atoms with E-state index in [2.05, 4.69) is 16.4 Å². The molecule has 0 spiro atoms. The molecule has 0 atom stereocenters. The van der Waals surface area contributed by atoms with Crippen LogP contribution in [0.15, 0.2) is 48.5 Å². The summed E-state index contributed by atoms with van der Waals surface area (Å²) in [7, 11) is 0. The second-order valence-electron chi connectivity index (χ2n) is 8.01. The highest BCUT2D eigenvalue weighted by atomic mass is 32.1. The summed E-state index contributed by atoms with van der Waals surface area (Å²) in [4.78, 5) is 37.8. The first kappa shape index (κ1) is 22.1. The highest BCUT2D eigenvalue weighted by molar-refractivity contribution is 7.23. The topological polar surface area (TPSA) is 84.4 Å². The molecule has 7 nitrogen and oxygen atoms in total. The van der Waals surface area contributed by atoms with Crippen LogP contribution in [0.2, 0.25) is 0 Å². The van der Waals surface area contributed by atoms with E-state index < -0.39 is 0 Å². The molecule has 0 bridgehead atoms. The van der Waals surface area contributed by atoms with Crippen LogP contribution in [-0.2, 0) is 17.7 Å². The van der Waals surface area contributed by atoms with Gasteiger partial charge in [-0.05, 0) is 43.2 Å². The lowest BCUT2D eigenvalue weighted by Crippen LogP contribution is -2.35. The fourth-order valence-electron chi connectivity index (χ4n) is 4.19. The van der Waals surface area contributed by atoms with E-state index >= 15 is 0 Å². The Bertz CT molecular complexity index is 1520. The molecule has 0 saturated heterocycles. The van der Waals surface area contributed by atoms with Gasteiger partial charge in [-0.3, -0.25) is 4.79 Å². The number of nitrogens with zero attached hydrogens (tertiary/aromatic N) is 3. The Balaban J connectivity index is 1.40. The zero-order chi connectivity index (χ0) is 23.9. The highest BCUT2D eigenvalue weighted by Crippen LogP contribution is 2.46. The number of para-hydroxylation sites is 2. The van der Waals surface area contributed by atoms with Crippen molar-refractivity contribution in [2.24, 2.45) is 0 Å². The highest BCUT2D eigenvalue weighted by Gasteiger charge is 2.30. The summed E-state index contributed by atoms with van der Waals surface area (Å²) >= 11 is 4.48. The number of hydrogen-bond donors (Lipinski definition) is 1. The predicted octanol–water partition coefficient (Wildman–Crippen LogP) is 6.40. The van der Waals surface area contributed by atoms with Crippen LogP contribution in [0.5, 0.6) is 0 Å². The molecule has 10 heteroatoms. The third-order valence-corrected chi connectivity index (χ3v) is 9.03. The van der Waals surface area contributed by atoms with E-state index in [1.54, 1.807) is 23.2 Å². The Kier molecular flexibility index (Phi) is 5.71. The van der Waals surface area contributed by atoms with Gasteiger partial charge in [0.1, 0.15) is 10.0 Å². The Morgan fingerprint density at radius 2 is 1.71 bits per heavy atom. The number of anilines is 1. The average molecular weight is 521 g/mol. The number of thiophene rings is 1. The maximum atomic E-state index is 13.3. The van der Waals surface area contributed by atoms with Gasteiger partial charge in [0.2, 0.25) is 0 Å². The van der Waals surface area contributed by atoms with Gasteiger partial charge in [-0.2, -0.15) is 0 Å². The molecular weight excluding hydrogens is 501 g/mol. The van der Waals surface area contributed by atoms with Crippen LogP contribution in [0.1, 0.15) is 27.2 Å². The number of hydrogen-bond acceptors (Lipinski definition) is 8. The van der Waals surface area contributed by atoms with Crippen molar-refractivity contribution in [2.75, 3.05) is 18.5 Å². The van der Waals surface area contributed by atoms with E-state index in [0.717, 1.165) is 46.4 Å². The lowest BCUT2D eigenvalue weighted by atomic mass is 10.0. The number of rotatable bonds is 4. The molecule has 35 heavy (non-hydrogen) atoms. The number of amides is 2. The molecule has 176 valence electrons. The summed E-state index contributed by atoms with van der Waals surface area (Å²) in [5.41, 5.74) is 3.82. The number of aromatic nitrogens is 2. The van der Waals surface area contributed by atoms with Crippen LogP contribution in [-0.4, -0.2) is 40.0 Å². The molecule has 0 aliphatic carbocycles. The van der Waals surface area contributed by atoms with Gasteiger partial charge in [0.05, 0.1) is 33.6 Å². The molecule has 1 N–H and O–H groups in total. The van der Waals surface area contributed by atoms with E-state index in [1.165, 1.54) is 22.7 Å². The van der Waals surface area contributed by atoms with Gasteiger partial charge in [0, 0.05) is 17.0 Å². The zero-order valence-electron chi connectivity index (χ0n) is 18.7. The minimum atomic E-state index is -0.312. The van der Waals surface area contributed by atoms with Gasteiger partial charge in [-0.25, -0.2) is 14.8 Å². The Labute approximate surface area is 213 Å². The number of fused-ring (bicyclic) bond motifs is 3. The molecule has 1 aliphatic rings. The van der Waals surface area contributed by atoms with Gasteiger partial charge in [-0.15, -0.1) is 34.0 Å². The molecular formula is C25H20N4O3S3.